The molecule has 1 saturated heterocycles. The fourth-order valence-electron chi connectivity index (χ4n) is 4.35. The van der Waals surface area contributed by atoms with Gasteiger partial charge in [-0.3, -0.25) is 9.59 Å². The van der Waals surface area contributed by atoms with Gasteiger partial charge in [0.05, 0.1) is 11.8 Å². The highest BCUT2D eigenvalue weighted by atomic mass is 32.2. The molecule has 1 aliphatic heterocycles. The van der Waals surface area contributed by atoms with Crippen molar-refractivity contribution in [2.75, 3.05) is 36.8 Å². The number of carbonyl (C=O) groups is 2. The SMILES string of the molecule is C=CCn1c(SCC(=O)N2CCN(c3ccccc3)CC2)nnc1[C@H](NC(=O)c1ccccc1)C(C)C. The number of rotatable bonds is 10. The Morgan fingerprint density at radius 1 is 1.00 bits per heavy atom. The van der Waals surface area contributed by atoms with E-state index < -0.39 is 0 Å². The molecule has 194 valence electrons. The van der Waals surface area contributed by atoms with Crippen molar-refractivity contribution in [1.29, 1.82) is 0 Å². The molecule has 2 aromatic carbocycles. The van der Waals surface area contributed by atoms with Gasteiger partial charge < -0.3 is 19.7 Å². The van der Waals surface area contributed by atoms with Gasteiger partial charge in [-0.2, -0.15) is 0 Å². The van der Waals surface area contributed by atoms with Crippen LogP contribution in [0.25, 0.3) is 0 Å². The molecular weight excluding hydrogens is 484 g/mol. The summed E-state index contributed by atoms with van der Waals surface area (Å²) in [4.78, 5) is 30.1. The second kappa shape index (κ2) is 12.6. The molecule has 37 heavy (non-hydrogen) atoms. The fraction of sp³-hybridized carbons (Fsp3) is 0.357. The van der Waals surface area contributed by atoms with Gasteiger partial charge >= 0.3 is 0 Å². The van der Waals surface area contributed by atoms with Crippen LogP contribution in [0, 0.1) is 5.92 Å². The summed E-state index contributed by atoms with van der Waals surface area (Å²) in [6.45, 7) is 11.5. The van der Waals surface area contributed by atoms with E-state index in [1.807, 2.05) is 59.7 Å². The number of allylic oxidation sites excluding steroid dienone is 1. The topological polar surface area (TPSA) is 83.4 Å². The number of hydrogen-bond donors (Lipinski definition) is 1. The molecule has 1 atom stereocenters. The van der Waals surface area contributed by atoms with E-state index in [9.17, 15) is 9.59 Å². The van der Waals surface area contributed by atoms with E-state index in [4.69, 9.17) is 0 Å². The molecule has 0 saturated carbocycles. The molecule has 1 aliphatic rings. The summed E-state index contributed by atoms with van der Waals surface area (Å²) in [6.07, 6.45) is 1.78. The van der Waals surface area contributed by atoms with E-state index in [1.165, 1.54) is 17.4 Å². The van der Waals surface area contributed by atoms with Gasteiger partial charge in [0.2, 0.25) is 5.91 Å². The molecule has 8 nitrogen and oxygen atoms in total. The molecule has 0 spiro atoms. The van der Waals surface area contributed by atoms with Crippen LogP contribution in [-0.4, -0.2) is 63.4 Å². The van der Waals surface area contributed by atoms with Crippen LogP contribution >= 0.6 is 11.8 Å². The third kappa shape index (κ3) is 6.60. The average molecular weight is 519 g/mol. The van der Waals surface area contributed by atoms with Gasteiger partial charge in [0, 0.05) is 44.0 Å². The number of anilines is 1. The van der Waals surface area contributed by atoms with Crippen molar-refractivity contribution in [3.63, 3.8) is 0 Å². The molecular formula is C28H34N6O2S. The zero-order chi connectivity index (χ0) is 26.2. The lowest BCUT2D eigenvalue weighted by Crippen LogP contribution is -2.49. The van der Waals surface area contributed by atoms with Gasteiger partial charge in [0.15, 0.2) is 11.0 Å². The number of nitrogens with one attached hydrogen (secondary N) is 1. The van der Waals surface area contributed by atoms with Crippen molar-refractivity contribution in [2.45, 2.75) is 31.6 Å². The van der Waals surface area contributed by atoms with Gasteiger partial charge in [0.25, 0.3) is 5.91 Å². The van der Waals surface area contributed by atoms with Crippen molar-refractivity contribution in [2.24, 2.45) is 5.92 Å². The van der Waals surface area contributed by atoms with Crippen LogP contribution in [0.1, 0.15) is 36.1 Å². The molecule has 9 heteroatoms. The van der Waals surface area contributed by atoms with Crippen LogP contribution in [0.3, 0.4) is 0 Å². The fourth-order valence-corrected chi connectivity index (χ4v) is 5.21. The number of aromatic nitrogens is 3. The lowest BCUT2D eigenvalue weighted by atomic mass is 10.0. The molecule has 2 amide bonds. The number of thioether (sulfide) groups is 1. The molecule has 0 bridgehead atoms. The van der Waals surface area contributed by atoms with Crippen LogP contribution < -0.4 is 10.2 Å². The number of para-hydroxylation sites is 1. The maximum Gasteiger partial charge on any atom is 0.251 e. The monoisotopic (exact) mass is 518 g/mol. The quantitative estimate of drug-likeness (QED) is 0.322. The van der Waals surface area contributed by atoms with E-state index >= 15 is 0 Å². The molecule has 2 heterocycles. The third-order valence-corrected chi connectivity index (χ3v) is 7.35. The smallest absolute Gasteiger partial charge is 0.251 e. The van der Waals surface area contributed by atoms with E-state index in [0.717, 1.165) is 13.1 Å². The Hall–Kier alpha value is -3.59. The van der Waals surface area contributed by atoms with Gasteiger partial charge in [-0.15, -0.1) is 16.8 Å². The minimum absolute atomic E-state index is 0.0841. The minimum Gasteiger partial charge on any atom is -0.368 e. The van der Waals surface area contributed by atoms with E-state index in [1.54, 1.807) is 18.2 Å². The zero-order valence-electron chi connectivity index (χ0n) is 21.4. The highest BCUT2D eigenvalue weighted by Gasteiger charge is 2.27. The molecule has 1 N–H and O–H groups in total. The molecule has 4 rings (SSSR count). The van der Waals surface area contributed by atoms with Crippen molar-refractivity contribution in [3.05, 3.63) is 84.7 Å². The number of piperazine rings is 1. The molecule has 0 radical (unpaired) electrons. The first-order valence-corrected chi connectivity index (χ1v) is 13.6. The summed E-state index contributed by atoms with van der Waals surface area (Å²) in [6, 6.07) is 19.1. The first-order chi connectivity index (χ1) is 18.0. The van der Waals surface area contributed by atoms with Crippen LogP contribution in [0.5, 0.6) is 0 Å². The summed E-state index contributed by atoms with van der Waals surface area (Å²) >= 11 is 1.38. The largest absolute Gasteiger partial charge is 0.368 e. The lowest BCUT2D eigenvalue weighted by molar-refractivity contribution is -0.128. The second-order valence-electron chi connectivity index (χ2n) is 9.29. The number of benzene rings is 2. The summed E-state index contributed by atoms with van der Waals surface area (Å²) in [5.74, 6) is 0.951. The summed E-state index contributed by atoms with van der Waals surface area (Å²) in [5, 5.41) is 12.6. The number of hydrogen-bond acceptors (Lipinski definition) is 6. The Morgan fingerprint density at radius 3 is 2.27 bits per heavy atom. The number of nitrogens with zero attached hydrogens (tertiary/aromatic N) is 5. The number of carbonyl (C=O) groups excluding carboxylic acids is 2. The Balaban J connectivity index is 1.40. The normalized spacial score (nSPS) is 14.5. The predicted octanol–water partition coefficient (Wildman–Crippen LogP) is 4.03. The molecule has 0 aliphatic carbocycles. The average Bonchev–Trinajstić information content (AvgIpc) is 3.33. The van der Waals surface area contributed by atoms with Crippen LogP contribution in [0.2, 0.25) is 0 Å². The molecule has 0 unspecified atom stereocenters. The summed E-state index contributed by atoms with van der Waals surface area (Å²) in [5.41, 5.74) is 1.78. The second-order valence-corrected chi connectivity index (χ2v) is 10.2. The van der Waals surface area contributed by atoms with Crippen molar-refractivity contribution in [3.8, 4) is 0 Å². The van der Waals surface area contributed by atoms with E-state index in [0.29, 0.717) is 36.2 Å². The highest BCUT2D eigenvalue weighted by molar-refractivity contribution is 7.99. The number of amides is 2. The van der Waals surface area contributed by atoms with Crippen molar-refractivity contribution < 1.29 is 9.59 Å². The van der Waals surface area contributed by atoms with Crippen molar-refractivity contribution in [1.82, 2.24) is 25.0 Å². The van der Waals surface area contributed by atoms with Crippen LogP contribution in [-0.2, 0) is 11.3 Å². The first-order valence-electron chi connectivity index (χ1n) is 12.6. The maximum atomic E-state index is 13.0. The minimum atomic E-state index is -0.337. The first kappa shape index (κ1) is 26.5. The highest BCUT2D eigenvalue weighted by Crippen LogP contribution is 2.26. The van der Waals surface area contributed by atoms with Crippen LogP contribution in [0.4, 0.5) is 5.69 Å². The molecule has 3 aromatic rings. The lowest BCUT2D eigenvalue weighted by Gasteiger charge is -2.36. The Labute approximate surface area is 222 Å². The summed E-state index contributed by atoms with van der Waals surface area (Å²) in [7, 11) is 0. The molecule has 1 fully saturated rings. The van der Waals surface area contributed by atoms with Gasteiger partial charge in [-0.25, -0.2) is 0 Å². The summed E-state index contributed by atoms with van der Waals surface area (Å²) < 4.78 is 1.94. The van der Waals surface area contributed by atoms with Gasteiger partial charge in [0.1, 0.15) is 0 Å². The Bertz CT molecular complexity index is 1190. The van der Waals surface area contributed by atoms with E-state index in [-0.39, 0.29) is 29.5 Å². The van der Waals surface area contributed by atoms with Crippen molar-refractivity contribution >= 4 is 29.3 Å². The Kier molecular flexibility index (Phi) is 9.00. The van der Waals surface area contributed by atoms with E-state index in [2.05, 4.69) is 39.1 Å². The predicted molar refractivity (Wildman–Crippen MR) is 148 cm³/mol. The van der Waals surface area contributed by atoms with Crippen LogP contribution in [0.15, 0.2) is 78.5 Å². The third-order valence-electron chi connectivity index (χ3n) is 6.40. The Morgan fingerprint density at radius 2 is 1.65 bits per heavy atom. The van der Waals surface area contributed by atoms with Gasteiger partial charge in [-0.05, 0) is 30.2 Å². The standard InChI is InChI=1S/C28H34N6O2S/c1-4-15-34-26(25(21(2)3)29-27(36)22-11-7-5-8-12-22)30-31-28(34)37-20-24(35)33-18-16-32(17-19-33)23-13-9-6-10-14-23/h4-14,21,25H,1,15-20H2,2-3H3,(H,29,36)/t25-/m1/s1. The molecule has 1 aromatic heterocycles. The zero-order valence-corrected chi connectivity index (χ0v) is 22.2. The maximum absolute atomic E-state index is 13.0. The van der Waals surface area contributed by atoms with Gasteiger partial charge in [-0.1, -0.05) is 68.1 Å².